The van der Waals surface area contributed by atoms with Crippen LogP contribution in [0.2, 0.25) is 0 Å². The molecule has 0 bridgehead atoms. The Bertz CT molecular complexity index is 1010. The van der Waals surface area contributed by atoms with Gasteiger partial charge in [0.1, 0.15) is 19.0 Å². The smallest absolute Gasteiger partial charge is 0.323 e. The number of hydrogen-bond donors (Lipinski definition) is 1. The first-order valence-electron chi connectivity index (χ1n) is 9.86. The number of aliphatic carboxylic acids is 1. The predicted molar refractivity (Wildman–Crippen MR) is 111 cm³/mol. The minimum absolute atomic E-state index is 0.160. The molecule has 7 nitrogen and oxygen atoms in total. The second-order valence-electron chi connectivity index (χ2n) is 7.17. The molecule has 0 saturated carbocycles. The fourth-order valence-corrected chi connectivity index (χ4v) is 3.81. The van der Waals surface area contributed by atoms with E-state index in [1.807, 2.05) is 42.5 Å². The molecule has 7 heteroatoms. The van der Waals surface area contributed by atoms with Crippen LogP contribution in [0.1, 0.15) is 12.8 Å². The third kappa shape index (κ3) is 4.19. The van der Waals surface area contributed by atoms with Crippen LogP contribution in [0.4, 0.5) is 0 Å². The van der Waals surface area contributed by atoms with Crippen LogP contribution in [0.25, 0.3) is 22.4 Å². The minimum Gasteiger partial charge on any atom is -0.493 e. The number of carboxylic acid groups (broad SMARTS) is 1. The third-order valence-electron chi connectivity index (χ3n) is 5.23. The molecule has 1 aromatic heterocycles. The highest BCUT2D eigenvalue weighted by atomic mass is 16.5. The summed E-state index contributed by atoms with van der Waals surface area (Å²) in [7, 11) is 1.60. The average molecular weight is 395 g/mol. The van der Waals surface area contributed by atoms with E-state index < -0.39 is 5.97 Å². The first-order chi connectivity index (χ1) is 14.2. The molecule has 29 heavy (non-hydrogen) atoms. The van der Waals surface area contributed by atoms with Gasteiger partial charge in [-0.25, -0.2) is 4.98 Å². The Labute approximate surface area is 169 Å². The largest absolute Gasteiger partial charge is 0.493 e. The molecule has 0 unspecified atom stereocenters. The zero-order chi connectivity index (χ0) is 20.2. The van der Waals surface area contributed by atoms with Crippen molar-refractivity contribution in [3.63, 3.8) is 0 Å². The van der Waals surface area contributed by atoms with Crippen LogP contribution < -0.4 is 9.47 Å². The number of nitrogens with zero attached hydrogens (tertiary/aromatic N) is 3. The number of likely N-dealkylation sites (tertiary alicyclic amines) is 1. The van der Waals surface area contributed by atoms with E-state index in [0.717, 1.165) is 36.2 Å². The molecule has 3 aromatic rings. The lowest BCUT2D eigenvalue weighted by atomic mass is 10.2. The van der Waals surface area contributed by atoms with E-state index in [0.29, 0.717) is 23.9 Å². The summed E-state index contributed by atoms with van der Waals surface area (Å²) in [6.07, 6.45) is 2.52. The summed E-state index contributed by atoms with van der Waals surface area (Å²) in [6, 6.07) is 13.1. The first kappa shape index (κ1) is 19.3. The number of benzene rings is 2. The Morgan fingerprint density at radius 1 is 1.14 bits per heavy atom. The van der Waals surface area contributed by atoms with Gasteiger partial charge in [0, 0.05) is 12.1 Å². The molecule has 2 heterocycles. The number of methoxy groups -OCH3 is 1. The van der Waals surface area contributed by atoms with Crippen LogP contribution >= 0.6 is 0 Å². The van der Waals surface area contributed by atoms with Gasteiger partial charge in [-0.2, -0.15) is 0 Å². The maximum atomic E-state index is 11.4. The number of imidazole rings is 1. The molecule has 0 radical (unpaired) electrons. The van der Waals surface area contributed by atoms with Crippen LogP contribution in [-0.4, -0.2) is 58.9 Å². The van der Waals surface area contributed by atoms with E-state index in [4.69, 9.17) is 9.47 Å². The molecule has 1 N–H and O–H groups in total. The van der Waals surface area contributed by atoms with Crippen molar-refractivity contribution in [3.8, 4) is 22.9 Å². The van der Waals surface area contributed by atoms with Crippen LogP contribution in [0.3, 0.4) is 0 Å². The SMILES string of the molecule is COc1cc(-c2nc3ccccc3n2CC(=O)O)ccc1OCCN1CCCC1. The molecule has 4 rings (SSSR count). The highest BCUT2D eigenvalue weighted by molar-refractivity contribution is 5.83. The van der Waals surface area contributed by atoms with Crippen LogP contribution in [0.15, 0.2) is 42.5 Å². The Balaban J connectivity index is 1.60. The zero-order valence-electron chi connectivity index (χ0n) is 16.5. The van der Waals surface area contributed by atoms with E-state index in [1.54, 1.807) is 11.7 Å². The number of rotatable bonds is 8. The molecule has 0 aliphatic carbocycles. The molecular formula is C22H25N3O4. The molecule has 2 aromatic carbocycles. The Morgan fingerprint density at radius 3 is 2.69 bits per heavy atom. The van der Waals surface area contributed by atoms with Gasteiger partial charge < -0.3 is 19.1 Å². The van der Waals surface area contributed by atoms with Crippen molar-refractivity contribution in [1.82, 2.24) is 14.5 Å². The van der Waals surface area contributed by atoms with Crippen molar-refractivity contribution in [2.75, 3.05) is 33.4 Å². The molecular weight excluding hydrogens is 370 g/mol. The minimum atomic E-state index is -0.914. The number of carboxylic acids is 1. The van der Waals surface area contributed by atoms with E-state index in [2.05, 4.69) is 9.88 Å². The van der Waals surface area contributed by atoms with Crippen molar-refractivity contribution >= 4 is 17.0 Å². The van der Waals surface area contributed by atoms with Crippen molar-refractivity contribution in [2.24, 2.45) is 0 Å². The van der Waals surface area contributed by atoms with Gasteiger partial charge >= 0.3 is 5.97 Å². The lowest BCUT2D eigenvalue weighted by molar-refractivity contribution is -0.137. The van der Waals surface area contributed by atoms with Gasteiger partial charge in [-0.3, -0.25) is 9.69 Å². The lowest BCUT2D eigenvalue weighted by Crippen LogP contribution is -2.25. The summed E-state index contributed by atoms with van der Waals surface area (Å²) in [6.45, 7) is 3.62. The number of fused-ring (bicyclic) bond motifs is 1. The maximum absolute atomic E-state index is 11.4. The summed E-state index contributed by atoms with van der Waals surface area (Å²) in [5, 5.41) is 9.35. The summed E-state index contributed by atoms with van der Waals surface area (Å²) in [5.41, 5.74) is 2.33. The van der Waals surface area contributed by atoms with E-state index in [9.17, 15) is 9.90 Å². The maximum Gasteiger partial charge on any atom is 0.323 e. The highest BCUT2D eigenvalue weighted by Crippen LogP contribution is 2.33. The summed E-state index contributed by atoms with van der Waals surface area (Å²) >= 11 is 0. The first-order valence-corrected chi connectivity index (χ1v) is 9.86. The second kappa shape index (κ2) is 8.53. The molecule has 1 aliphatic heterocycles. The van der Waals surface area contributed by atoms with Gasteiger partial charge in [0.15, 0.2) is 11.5 Å². The van der Waals surface area contributed by atoms with Crippen molar-refractivity contribution in [1.29, 1.82) is 0 Å². The number of para-hydroxylation sites is 2. The number of hydrogen-bond acceptors (Lipinski definition) is 5. The van der Waals surface area contributed by atoms with Crippen molar-refractivity contribution in [2.45, 2.75) is 19.4 Å². The second-order valence-corrected chi connectivity index (χ2v) is 7.17. The van der Waals surface area contributed by atoms with Gasteiger partial charge in [-0.05, 0) is 56.3 Å². The topological polar surface area (TPSA) is 76.8 Å². The Morgan fingerprint density at radius 2 is 1.93 bits per heavy atom. The van der Waals surface area contributed by atoms with Crippen LogP contribution in [0.5, 0.6) is 11.5 Å². The number of ether oxygens (including phenoxy) is 2. The summed E-state index contributed by atoms with van der Waals surface area (Å²) < 4.78 is 13.2. The zero-order valence-corrected chi connectivity index (χ0v) is 16.5. The predicted octanol–water partition coefficient (Wildman–Crippen LogP) is 3.27. The molecule has 1 aliphatic rings. The quantitative estimate of drug-likeness (QED) is 0.631. The summed E-state index contributed by atoms with van der Waals surface area (Å²) in [4.78, 5) is 18.5. The molecule has 1 saturated heterocycles. The lowest BCUT2D eigenvalue weighted by Gasteiger charge is -2.16. The van der Waals surface area contributed by atoms with Gasteiger partial charge in [0.05, 0.1) is 18.1 Å². The van der Waals surface area contributed by atoms with Gasteiger partial charge in [-0.1, -0.05) is 12.1 Å². The van der Waals surface area contributed by atoms with Crippen molar-refractivity contribution < 1.29 is 19.4 Å². The van der Waals surface area contributed by atoms with Crippen molar-refractivity contribution in [3.05, 3.63) is 42.5 Å². The van der Waals surface area contributed by atoms with Gasteiger partial charge in [-0.15, -0.1) is 0 Å². The monoisotopic (exact) mass is 395 g/mol. The van der Waals surface area contributed by atoms with Gasteiger partial charge in [0.2, 0.25) is 0 Å². The molecule has 1 fully saturated rings. The van der Waals surface area contributed by atoms with Crippen LogP contribution in [0, 0.1) is 0 Å². The molecule has 0 atom stereocenters. The van der Waals surface area contributed by atoms with E-state index in [-0.39, 0.29) is 6.54 Å². The third-order valence-corrected chi connectivity index (χ3v) is 5.23. The number of aromatic nitrogens is 2. The highest BCUT2D eigenvalue weighted by Gasteiger charge is 2.17. The molecule has 0 spiro atoms. The van der Waals surface area contributed by atoms with Crippen LogP contribution in [-0.2, 0) is 11.3 Å². The fraction of sp³-hybridized carbons (Fsp3) is 0.364. The standard InChI is InChI=1S/C22H25N3O4/c1-28-20-14-16(8-9-19(20)29-13-12-24-10-4-5-11-24)22-23-17-6-2-3-7-18(17)25(22)15-21(26)27/h2-3,6-9,14H,4-5,10-13,15H2,1H3,(H,26,27). The fourth-order valence-electron chi connectivity index (χ4n) is 3.81. The molecule has 0 amide bonds. The Kier molecular flexibility index (Phi) is 5.67. The summed E-state index contributed by atoms with van der Waals surface area (Å²) in [5.74, 6) is 0.966. The van der Waals surface area contributed by atoms with Gasteiger partial charge in [0.25, 0.3) is 0 Å². The van der Waals surface area contributed by atoms with E-state index >= 15 is 0 Å². The normalized spacial score (nSPS) is 14.4. The Hall–Kier alpha value is -3.06. The average Bonchev–Trinajstić information content (AvgIpc) is 3.36. The number of carbonyl (C=O) groups is 1. The molecule has 152 valence electrons. The van der Waals surface area contributed by atoms with E-state index in [1.165, 1.54) is 12.8 Å².